The molecule has 0 heterocycles. The lowest BCUT2D eigenvalue weighted by Crippen LogP contribution is -2.48. The number of ether oxygens (including phenoxy) is 2. The molecule has 2 amide bonds. The predicted octanol–water partition coefficient (Wildman–Crippen LogP) is 3.23. The monoisotopic (exact) mass is 497 g/mol. The van der Waals surface area contributed by atoms with Gasteiger partial charge in [-0.15, -0.1) is 0 Å². The van der Waals surface area contributed by atoms with Gasteiger partial charge in [0.25, 0.3) is 5.91 Å². The fourth-order valence-electron chi connectivity index (χ4n) is 3.04. The molecule has 11 heteroatoms. The molecular formula is C23H39N5O5S. The summed E-state index contributed by atoms with van der Waals surface area (Å²) in [5.41, 5.74) is 8.60. The highest BCUT2D eigenvalue weighted by Gasteiger charge is 2.26. The topological polar surface area (TPSA) is 128 Å². The highest BCUT2D eigenvalue weighted by atomic mass is 32.2. The van der Waals surface area contributed by atoms with Crippen molar-refractivity contribution in [2.75, 3.05) is 27.8 Å². The standard InChI is InChI=1S/C23H39N5O5S/c1-14-13-18(31-8)15(2)16(3)19(14)34-27-21(24)25-12-10-11-17(20(29)28(7)32-9)26-22(30)33-23(4,5)6/h13,17H,10-12H2,1-9H3,(H,26,30)(H3,24,25,27). The van der Waals surface area contributed by atoms with E-state index in [-0.39, 0.29) is 11.9 Å². The summed E-state index contributed by atoms with van der Waals surface area (Å²) >= 11 is 1.39. The summed E-state index contributed by atoms with van der Waals surface area (Å²) in [6, 6.07) is 1.18. The highest BCUT2D eigenvalue weighted by molar-refractivity contribution is 7.98. The van der Waals surface area contributed by atoms with Gasteiger partial charge in [0, 0.05) is 18.5 Å². The molecule has 10 nitrogen and oxygen atoms in total. The SMILES string of the molecule is COc1cc(C)c(SNC(N)=NCCCC(NC(=O)OC(C)(C)C)C(=O)N(C)OC)c(C)c1C. The number of nitrogens with two attached hydrogens (primary N) is 1. The second-order valence-corrected chi connectivity index (χ2v) is 9.62. The van der Waals surface area contributed by atoms with E-state index < -0.39 is 17.7 Å². The van der Waals surface area contributed by atoms with Crippen LogP contribution in [0.4, 0.5) is 4.79 Å². The van der Waals surface area contributed by atoms with Gasteiger partial charge in [0.05, 0.1) is 14.2 Å². The molecule has 0 aliphatic carbocycles. The number of likely N-dealkylation sites (N-methyl/N-ethyl adjacent to an activating group) is 1. The van der Waals surface area contributed by atoms with Crippen LogP contribution in [0.2, 0.25) is 0 Å². The molecule has 0 spiro atoms. The number of hydrogen-bond donors (Lipinski definition) is 3. The Hall–Kier alpha value is -2.66. The van der Waals surface area contributed by atoms with Crippen LogP contribution >= 0.6 is 11.9 Å². The van der Waals surface area contributed by atoms with Gasteiger partial charge in [-0.2, -0.15) is 0 Å². The van der Waals surface area contributed by atoms with Gasteiger partial charge in [0.2, 0.25) is 0 Å². The smallest absolute Gasteiger partial charge is 0.408 e. The van der Waals surface area contributed by atoms with E-state index in [2.05, 4.69) is 15.0 Å². The third-order valence-electron chi connectivity index (χ3n) is 4.96. The Labute approximate surface area is 207 Å². The van der Waals surface area contributed by atoms with Crippen LogP contribution in [0.15, 0.2) is 16.0 Å². The van der Waals surface area contributed by atoms with Crippen LogP contribution in [0.1, 0.15) is 50.3 Å². The molecule has 34 heavy (non-hydrogen) atoms. The van der Waals surface area contributed by atoms with Crippen molar-refractivity contribution in [3.63, 3.8) is 0 Å². The molecule has 0 aliphatic rings. The van der Waals surface area contributed by atoms with Gasteiger partial charge >= 0.3 is 6.09 Å². The molecule has 0 radical (unpaired) electrons. The molecule has 0 fully saturated rings. The van der Waals surface area contributed by atoms with E-state index in [1.807, 2.05) is 26.8 Å². The second kappa shape index (κ2) is 13.3. The Bertz CT molecular complexity index is 885. The number of nitrogens with one attached hydrogen (secondary N) is 2. The first kappa shape index (κ1) is 29.4. The van der Waals surface area contributed by atoms with E-state index in [1.54, 1.807) is 27.9 Å². The quantitative estimate of drug-likeness (QED) is 0.148. The van der Waals surface area contributed by atoms with Gasteiger partial charge in [-0.05, 0) is 89.1 Å². The summed E-state index contributed by atoms with van der Waals surface area (Å²) in [5, 5.41) is 3.68. The minimum atomic E-state index is -0.814. The van der Waals surface area contributed by atoms with Crippen LogP contribution < -0.4 is 20.5 Å². The minimum Gasteiger partial charge on any atom is -0.496 e. The highest BCUT2D eigenvalue weighted by Crippen LogP contribution is 2.32. The predicted molar refractivity (Wildman–Crippen MR) is 135 cm³/mol. The van der Waals surface area contributed by atoms with Gasteiger partial charge in [-0.3, -0.25) is 19.3 Å². The lowest BCUT2D eigenvalue weighted by molar-refractivity contribution is -0.171. The first-order valence-electron chi connectivity index (χ1n) is 11.0. The lowest BCUT2D eigenvalue weighted by Gasteiger charge is -2.25. The number of aliphatic imine (C=N–C) groups is 1. The molecule has 1 unspecified atom stereocenters. The Morgan fingerprint density at radius 1 is 1.21 bits per heavy atom. The number of amides is 2. The van der Waals surface area contributed by atoms with Crippen LogP contribution in [-0.4, -0.2) is 62.5 Å². The van der Waals surface area contributed by atoms with Crippen molar-refractivity contribution in [2.45, 2.75) is 70.9 Å². The normalized spacial score (nSPS) is 12.7. The first-order chi connectivity index (χ1) is 15.8. The largest absolute Gasteiger partial charge is 0.496 e. The lowest BCUT2D eigenvalue weighted by atomic mass is 10.1. The van der Waals surface area contributed by atoms with E-state index in [9.17, 15) is 9.59 Å². The van der Waals surface area contributed by atoms with E-state index in [1.165, 1.54) is 26.1 Å². The van der Waals surface area contributed by atoms with Crippen molar-refractivity contribution in [3.05, 3.63) is 22.8 Å². The van der Waals surface area contributed by atoms with Crippen molar-refractivity contribution in [1.29, 1.82) is 0 Å². The van der Waals surface area contributed by atoms with Crippen molar-refractivity contribution >= 4 is 29.9 Å². The molecule has 4 N–H and O–H groups in total. The number of carbonyl (C=O) groups excluding carboxylic acids is 2. The van der Waals surface area contributed by atoms with E-state index >= 15 is 0 Å². The van der Waals surface area contributed by atoms with Gasteiger partial charge in [0.15, 0.2) is 5.96 Å². The zero-order valence-electron chi connectivity index (χ0n) is 21.7. The number of hydroxylamine groups is 2. The summed E-state index contributed by atoms with van der Waals surface area (Å²) in [7, 11) is 4.52. The van der Waals surface area contributed by atoms with Crippen LogP contribution in [-0.2, 0) is 14.4 Å². The molecule has 0 saturated carbocycles. The third-order valence-corrected chi connectivity index (χ3v) is 6.11. The van der Waals surface area contributed by atoms with Crippen molar-refractivity contribution in [2.24, 2.45) is 10.7 Å². The average molecular weight is 498 g/mol. The molecule has 1 aromatic rings. The molecule has 1 aromatic carbocycles. The van der Waals surface area contributed by atoms with Gasteiger partial charge in [-0.25, -0.2) is 9.86 Å². The number of alkyl carbamates (subject to hydrolysis) is 1. The fourth-order valence-corrected chi connectivity index (χ4v) is 3.83. The van der Waals surface area contributed by atoms with Crippen LogP contribution in [0.5, 0.6) is 5.75 Å². The summed E-state index contributed by atoms with van der Waals surface area (Å²) in [6.45, 7) is 11.7. The third kappa shape index (κ3) is 9.30. The summed E-state index contributed by atoms with van der Waals surface area (Å²) in [5.74, 6) is 0.735. The van der Waals surface area contributed by atoms with E-state index in [4.69, 9.17) is 20.0 Å². The van der Waals surface area contributed by atoms with E-state index in [0.717, 1.165) is 32.4 Å². The van der Waals surface area contributed by atoms with Gasteiger partial charge < -0.3 is 20.5 Å². The zero-order chi connectivity index (χ0) is 26.1. The Balaban J connectivity index is 2.70. The number of benzene rings is 1. The number of hydrogen-bond acceptors (Lipinski definition) is 7. The average Bonchev–Trinajstić information content (AvgIpc) is 2.75. The molecule has 192 valence electrons. The number of guanidine groups is 1. The van der Waals surface area contributed by atoms with Crippen LogP contribution in [0.25, 0.3) is 0 Å². The second-order valence-electron chi connectivity index (χ2n) is 8.81. The maximum absolute atomic E-state index is 12.5. The molecule has 0 saturated heterocycles. The van der Waals surface area contributed by atoms with Crippen LogP contribution in [0, 0.1) is 20.8 Å². The summed E-state index contributed by atoms with van der Waals surface area (Å²) in [6.07, 6.45) is 0.180. The number of nitrogens with zero attached hydrogens (tertiary/aromatic N) is 2. The van der Waals surface area contributed by atoms with Crippen molar-refractivity contribution in [3.8, 4) is 5.75 Å². The van der Waals surface area contributed by atoms with Crippen molar-refractivity contribution in [1.82, 2.24) is 15.1 Å². The van der Waals surface area contributed by atoms with E-state index in [0.29, 0.717) is 19.4 Å². The number of methoxy groups -OCH3 is 1. The zero-order valence-corrected chi connectivity index (χ0v) is 22.5. The maximum atomic E-state index is 12.5. The number of aryl methyl sites for hydroxylation is 1. The number of rotatable bonds is 10. The maximum Gasteiger partial charge on any atom is 0.408 e. The summed E-state index contributed by atoms with van der Waals surface area (Å²) in [4.78, 5) is 35.0. The Kier molecular flexibility index (Phi) is 11.5. The molecule has 0 aromatic heterocycles. The summed E-state index contributed by atoms with van der Waals surface area (Å²) < 4.78 is 13.7. The van der Waals surface area contributed by atoms with Gasteiger partial charge in [-0.1, -0.05) is 0 Å². The van der Waals surface area contributed by atoms with Gasteiger partial charge in [0.1, 0.15) is 17.4 Å². The molecule has 0 bridgehead atoms. The Morgan fingerprint density at radius 2 is 1.85 bits per heavy atom. The fraction of sp³-hybridized carbons (Fsp3) is 0.609. The van der Waals surface area contributed by atoms with Crippen molar-refractivity contribution < 1.29 is 23.9 Å². The molecule has 0 aliphatic heterocycles. The molecule has 1 atom stereocenters. The molecule has 1 rings (SSSR count). The Morgan fingerprint density at radius 3 is 2.41 bits per heavy atom. The number of carbonyl (C=O) groups is 2. The van der Waals surface area contributed by atoms with Crippen LogP contribution in [0.3, 0.4) is 0 Å². The molecular weight excluding hydrogens is 458 g/mol. The minimum absolute atomic E-state index is 0.272. The first-order valence-corrected chi connectivity index (χ1v) is 11.8.